The molecule has 0 heterocycles. The Hall–Kier alpha value is -1.89. The largest absolute Gasteiger partial charge is 0.425 e. The molecular weight excluding hydrogens is 338 g/mol. The topological polar surface area (TPSA) is 72.5 Å². The molecule has 2 rings (SSSR count). The minimum atomic E-state index is -3.79. The van der Waals surface area contributed by atoms with E-state index in [9.17, 15) is 13.2 Å². The number of rotatable bonds is 5. The normalized spacial score (nSPS) is 12.7. The molecule has 1 N–H and O–H groups in total. The minimum Gasteiger partial charge on any atom is -0.425 e. The van der Waals surface area contributed by atoms with E-state index in [1.165, 1.54) is 31.2 Å². The molecule has 5 nitrogen and oxygen atoms in total. The molecule has 0 aromatic heterocycles. The van der Waals surface area contributed by atoms with Crippen LogP contribution in [0, 0.1) is 6.92 Å². The average molecular weight is 354 g/mol. The van der Waals surface area contributed by atoms with Crippen molar-refractivity contribution in [1.82, 2.24) is 4.72 Å². The Morgan fingerprint density at radius 3 is 2.22 bits per heavy atom. The van der Waals surface area contributed by atoms with Gasteiger partial charge in [0.1, 0.15) is 11.8 Å². The Balaban J connectivity index is 2.05. The molecule has 0 bridgehead atoms. The standard InChI is InChI=1S/C16H16ClNO4S/c1-11-3-9-15(10-4-11)23(20,21)18-12(2)16(19)22-14-7-5-13(17)6-8-14/h3-10,12,18H,1-2H3/t12-/m0/s1. The van der Waals surface area contributed by atoms with Gasteiger partial charge in [0.15, 0.2) is 0 Å². The van der Waals surface area contributed by atoms with Gasteiger partial charge in [-0.3, -0.25) is 0 Å². The van der Waals surface area contributed by atoms with E-state index in [1.807, 2.05) is 6.92 Å². The van der Waals surface area contributed by atoms with Gasteiger partial charge < -0.3 is 4.74 Å². The number of hydrogen-bond acceptors (Lipinski definition) is 4. The second-order valence-electron chi connectivity index (χ2n) is 5.03. The van der Waals surface area contributed by atoms with Crippen LogP contribution in [-0.4, -0.2) is 20.4 Å². The highest BCUT2D eigenvalue weighted by Gasteiger charge is 2.23. The maximum atomic E-state index is 12.2. The Morgan fingerprint density at radius 2 is 1.65 bits per heavy atom. The molecule has 0 fully saturated rings. The van der Waals surface area contributed by atoms with Crippen molar-refractivity contribution in [1.29, 1.82) is 0 Å². The lowest BCUT2D eigenvalue weighted by Crippen LogP contribution is -2.40. The zero-order valence-corrected chi connectivity index (χ0v) is 14.2. The average Bonchev–Trinajstić information content (AvgIpc) is 2.49. The smallest absolute Gasteiger partial charge is 0.329 e. The lowest BCUT2D eigenvalue weighted by atomic mass is 10.2. The predicted molar refractivity (Wildman–Crippen MR) is 88.0 cm³/mol. The van der Waals surface area contributed by atoms with Crippen molar-refractivity contribution in [3.05, 3.63) is 59.1 Å². The van der Waals surface area contributed by atoms with Crippen LogP contribution in [0.3, 0.4) is 0 Å². The van der Waals surface area contributed by atoms with Crippen LogP contribution in [0.1, 0.15) is 12.5 Å². The monoisotopic (exact) mass is 353 g/mol. The highest BCUT2D eigenvalue weighted by molar-refractivity contribution is 7.89. The first kappa shape index (κ1) is 17.5. The summed E-state index contributed by atoms with van der Waals surface area (Å²) in [5, 5.41) is 0.512. The molecule has 0 amide bonds. The third kappa shape index (κ3) is 4.79. The number of sulfonamides is 1. The van der Waals surface area contributed by atoms with Crippen LogP contribution in [0.15, 0.2) is 53.4 Å². The van der Waals surface area contributed by atoms with Gasteiger partial charge in [-0.05, 0) is 50.2 Å². The minimum absolute atomic E-state index is 0.0919. The summed E-state index contributed by atoms with van der Waals surface area (Å²) in [6.07, 6.45) is 0. The molecule has 122 valence electrons. The number of esters is 1. The summed E-state index contributed by atoms with van der Waals surface area (Å²) in [6.45, 7) is 3.28. The SMILES string of the molecule is Cc1ccc(S(=O)(=O)N[C@@H](C)C(=O)Oc2ccc(Cl)cc2)cc1. The number of aryl methyl sites for hydroxylation is 1. The van der Waals surface area contributed by atoms with Crippen LogP contribution in [0.25, 0.3) is 0 Å². The van der Waals surface area contributed by atoms with Gasteiger partial charge in [-0.15, -0.1) is 0 Å². The van der Waals surface area contributed by atoms with Crippen molar-refractivity contribution >= 4 is 27.6 Å². The summed E-state index contributed by atoms with van der Waals surface area (Å²) < 4.78 is 31.8. The van der Waals surface area contributed by atoms with Gasteiger partial charge in [0.2, 0.25) is 10.0 Å². The third-order valence-corrected chi connectivity index (χ3v) is 4.86. The molecule has 1 atom stereocenters. The van der Waals surface area contributed by atoms with E-state index in [4.69, 9.17) is 16.3 Å². The van der Waals surface area contributed by atoms with Crippen LogP contribution in [0.4, 0.5) is 0 Å². The van der Waals surface area contributed by atoms with Crippen molar-refractivity contribution in [2.45, 2.75) is 24.8 Å². The number of carbonyl (C=O) groups is 1. The van der Waals surface area contributed by atoms with Gasteiger partial charge in [-0.2, -0.15) is 4.72 Å². The fourth-order valence-corrected chi connectivity index (χ4v) is 3.09. The highest BCUT2D eigenvalue weighted by Crippen LogP contribution is 2.16. The van der Waals surface area contributed by atoms with Gasteiger partial charge in [0, 0.05) is 5.02 Å². The number of ether oxygens (including phenoxy) is 1. The molecule has 0 radical (unpaired) electrons. The van der Waals surface area contributed by atoms with Crippen LogP contribution in [-0.2, 0) is 14.8 Å². The van der Waals surface area contributed by atoms with Gasteiger partial charge in [-0.1, -0.05) is 29.3 Å². The molecule has 0 saturated heterocycles. The van der Waals surface area contributed by atoms with Crippen molar-refractivity contribution in [3.63, 3.8) is 0 Å². The zero-order chi connectivity index (χ0) is 17.0. The summed E-state index contributed by atoms with van der Waals surface area (Å²) in [5.74, 6) is -0.413. The molecule has 0 aliphatic carbocycles. The highest BCUT2D eigenvalue weighted by atomic mass is 35.5. The summed E-state index contributed by atoms with van der Waals surface area (Å²) in [5.41, 5.74) is 0.944. The summed E-state index contributed by atoms with van der Waals surface area (Å²) >= 11 is 5.74. The van der Waals surface area contributed by atoms with E-state index >= 15 is 0 Å². The maximum absolute atomic E-state index is 12.2. The van der Waals surface area contributed by atoms with Crippen LogP contribution in [0.5, 0.6) is 5.75 Å². The first-order valence-corrected chi connectivity index (χ1v) is 8.70. The van der Waals surface area contributed by atoms with Crippen molar-refractivity contribution in [3.8, 4) is 5.75 Å². The molecule has 0 aliphatic rings. The first-order valence-electron chi connectivity index (χ1n) is 6.84. The predicted octanol–water partition coefficient (Wildman–Crippen LogP) is 2.92. The quantitative estimate of drug-likeness (QED) is 0.662. The van der Waals surface area contributed by atoms with E-state index in [-0.39, 0.29) is 4.90 Å². The van der Waals surface area contributed by atoms with Crippen molar-refractivity contribution < 1.29 is 17.9 Å². The molecular formula is C16H16ClNO4S. The second-order valence-corrected chi connectivity index (χ2v) is 7.18. The van der Waals surface area contributed by atoms with E-state index in [2.05, 4.69) is 4.72 Å². The fourth-order valence-electron chi connectivity index (χ4n) is 1.77. The van der Waals surface area contributed by atoms with Crippen LogP contribution in [0.2, 0.25) is 5.02 Å². The molecule has 2 aromatic rings. The van der Waals surface area contributed by atoms with E-state index < -0.39 is 22.0 Å². The number of carbonyl (C=O) groups excluding carboxylic acids is 1. The van der Waals surface area contributed by atoms with Gasteiger partial charge >= 0.3 is 5.97 Å². The third-order valence-electron chi connectivity index (χ3n) is 3.05. The lowest BCUT2D eigenvalue weighted by Gasteiger charge is -2.13. The molecule has 0 saturated carbocycles. The maximum Gasteiger partial charge on any atom is 0.329 e. The van der Waals surface area contributed by atoms with Crippen molar-refractivity contribution in [2.24, 2.45) is 0 Å². The van der Waals surface area contributed by atoms with Gasteiger partial charge in [0.05, 0.1) is 4.90 Å². The summed E-state index contributed by atoms with van der Waals surface area (Å²) in [4.78, 5) is 12.1. The number of benzene rings is 2. The van der Waals surface area contributed by atoms with E-state index in [1.54, 1.807) is 24.3 Å². The number of hydrogen-bond donors (Lipinski definition) is 1. The van der Waals surface area contributed by atoms with Crippen molar-refractivity contribution in [2.75, 3.05) is 0 Å². The molecule has 23 heavy (non-hydrogen) atoms. The van der Waals surface area contributed by atoms with E-state index in [0.29, 0.717) is 10.8 Å². The first-order chi connectivity index (χ1) is 10.8. The summed E-state index contributed by atoms with van der Waals surface area (Å²) in [7, 11) is -3.79. The molecule has 2 aromatic carbocycles. The fraction of sp³-hybridized carbons (Fsp3) is 0.188. The summed E-state index contributed by atoms with van der Waals surface area (Å²) in [6, 6.07) is 11.5. The molecule has 0 unspecified atom stereocenters. The Kier molecular flexibility index (Phi) is 5.41. The lowest BCUT2D eigenvalue weighted by molar-refractivity contribution is -0.135. The van der Waals surface area contributed by atoms with E-state index in [0.717, 1.165) is 5.56 Å². The van der Waals surface area contributed by atoms with Gasteiger partial charge in [0.25, 0.3) is 0 Å². The Bertz CT molecular complexity index is 786. The number of nitrogens with one attached hydrogen (secondary N) is 1. The molecule has 0 spiro atoms. The molecule has 0 aliphatic heterocycles. The number of halogens is 1. The zero-order valence-electron chi connectivity index (χ0n) is 12.6. The Morgan fingerprint density at radius 1 is 1.09 bits per heavy atom. The molecule has 7 heteroatoms. The second kappa shape index (κ2) is 7.12. The van der Waals surface area contributed by atoms with Crippen LogP contribution < -0.4 is 9.46 Å². The Labute approximate surface area is 140 Å². The van der Waals surface area contributed by atoms with Gasteiger partial charge in [-0.25, -0.2) is 13.2 Å². The van der Waals surface area contributed by atoms with Crippen LogP contribution >= 0.6 is 11.6 Å².